The van der Waals surface area contributed by atoms with Crippen LogP contribution in [0.4, 0.5) is 4.39 Å². The third-order valence-electron chi connectivity index (χ3n) is 3.95. The van der Waals surface area contributed by atoms with Crippen LogP contribution >= 0.6 is 12.4 Å². The Bertz CT molecular complexity index is 464. The monoisotopic (exact) mass is 344 g/mol. The highest BCUT2D eigenvalue weighted by molar-refractivity contribution is 5.85. The van der Waals surface area contributed by atoms with Crippen LogP contribution in [0.2, 0.25) is 0 Å². The van der Waals surface area contributed by atoms with E-state index in [-0.39, 0.29) is 30.7 Å². The molecule has 130 valence electrons. The number of esters is 1. The molecule has 1 heterocycles. The summed E-state index contributed by atoms with van der Waals surface area (Å²) < 4.78 is 18.1. The first-order valence-electron chi connectivity index (χ1n) is 8.00. The maximum atomic E-state index is 13.0. The smallest absolute Gasteiger partial charge is 0.320 e. The van der Waals surface area contributed by atoms with Crippen LogP contribution in [-0.2, 0) is 16.1 Å². The average molecular weight is 345 g/mol. The molecule has 2 rings (SSSR count). The Morgan fingerprint density at radius 3 is 2.57 bits per heavy atom. The minimum absolute atomic E-state index is 0. The van der Waals surface area contributed by atoms with E-state index < -0.39 is 0 Å². The van der Waals surface area contributed by atoms with Crippen LogP contribution in [0, 0.1) is 11.7 Å². The van der Waals surface area contributed by atoms with E-state index in [2.05, 4.69) is 10.2 Å². The van der Waals surface area contributed by atoms with Gasteiger partial charge in [0.2, 0.25) is 0 Å². The molecular weight excluding hydrogens is 319 g/mol. The lowest BCUT2D eigenvalue weighted by atomic mass is 9.97. The van der Waals surface area contributed by atoms with Crippen molar-refractivity contribution in [1.29, 1.82) is 0 Å². The fourth-order valence-electron chi connectivity index (χ4n) is 2.85. The quantitative estimate of drug-likeness (QED) is 0.772. The summed E-state index contributed by atoms with van der Waals surface area (Å²) in [5.74, 6) is 0.161. The molecule has 0 bridgehead atoms. The Kier molecular flexibility index (Phi) is 9.14. The summed E-state index contributed by atoms with van der Waals surface area (Å²) in [6.07, 6.45) is 2.26. The van der Waals surface area contributed by atoms with Crippen molar-refractivity contribution in [3.8, 4) is 0 Å². The second-order valence-electron chi connectivity index (χ2n) is 5.79. The second kappa shape index (κ2) is 10.6. The van der Waals surface area contributed by atoms with Crippen molar-refractivity contribution in [2.45, 2.75) is 26.3 Å². The van der Waals surface area contributed by atoms with Gasteiger partial charge in [-0.3, -0.25) is 9.69 Å². The van der Waals surface area contributed by atoms with E-state index in [1.807, 2.05) is 6.92 Å². The van der Waals surface area contributed by atoms with Crippen molar-refractivity contribution in [3.63, 3.8) is 0 Å². The van der Waals surface area contributed by atoms with E-state index in [1.54, 1.807) is 12.1 Å². The number of nitrogens with zero attached hydrogens (tertiary/aromatic N) is 1. The molecule has 1 aliphatic heterocycles. The minimum Gasteiger partial charge on any atom is -0.465 e. The van der Waals surface area contributed by atoms with E-state index in [1.165, 1.54) is 12.1 Å². The minimum atomic E-state index is -0.237. The molecule has 23 heavy (non-hydrogen) atoms. The van der Waals surface area contributed by atoms with E-state index in [0.717, 1.165) is 38.0 Å². The van der Waals surface area contributed by atoms with Gasteiger partial charge in [-0.1, -0.05) is 12.1 Å². The molecule has 1 aromatic rings. The average Bonchev–Trinajstić information content (AvgIpc) is 2.51. The van der Waals surface area contributed by atoms with Gasteiger partial charge in [0.25, 0.3) is 0 Å². The molecule has 1 aromatic carbocycles. The van der Waals surface area contributed by atoms with Crippen molar-refractivity contribution in [2.75, 3.05) is 32.8 Å². The lowest BCUT2D eigenvalue weighted by Crippen LogP contribution is -2.38. The Balaban J connectivity index is 0.00000264. The zero-order chi connectivity index (χ0) is 15.8. The van der Waals surface area contributed by atoms with Gasteiger partial charge in [0.1, 0.15) is 5.82 Å². The molecule has 4 nitrogen and oxygen atoms in total. The Morgan fingerprint density at radius 2 is 1.96 bits per heavy atom. The number of rotatable bonds is 7. The topological polar surface area (TPSA) is 41.6 Å². The molecule has 0 amide bonds. The molecule has 0 saturated carbocycles. The lowest BCUT2D eigenvalue weighted by Gasteiger charge is -2.29. The second-order valence-corrected chi connectivity index (χ2v) is 5.79. The van der Waals surface area contributed by atoms with Crippen LogP contribution in [0.3, 0.4) is 0 Å². The molecule has 1 fully saturated rings. The van der Waals surface area contributed by atoms with Crippen molar-refractivity contribution in [1.82, 2.24) is 10.2 Å². The highest BCUT2D eigenvalue weighted by Crippen LogP contribution is 2.16. The molecular formula is C17H26ClFN2O2. The number of ether oxygens (including phenoxy) is 1. The number of benzene rings is 1. The van der Waals surface area contributed by atoms with Gasteiger partial charge in [-0.05, 0) is 56.5 Å². The first-order chi connectivity index (χ1) is 10.7. The van der Waals surface area contributed by atoms with Crippen molar-refractivity contribution < 1.29 is 13.9 Å². The highest BCUT2D eigenvalue weighted by atomic mass is 35.5. The molecule has 1 N–H and O–H groups in total. The third-order valence-corrected chi connectivity index (χ3v) is 3.95. The summed E-state index contributed by atoms with van der Waals surface area (Å²) in [7, 11) is 0. The molecule has 0 atom stereocenters. The molecule has 1 saturated heterocycles. The van der Waals surface area contributed by atoms with Crippen molar-refractivity contribution in [2.24, 2.45) is 5.92 Å². The first kappa shape index (κ1) is 19.9. The van der Waals surface area contributed by atoms with Gasteiger partial charge in [0.05, 0.1) is 13.2 Å². The maximum absolute atomic E-state index is 13.0. The van der Waals surface area contributed by atoms with Gasteiger partial charge in [-0.2, -0.15) is 0 Å². The summed E-state index contributed by atoms with van der Waals surface area (Å²) >= 11 is 0. The van der Waals surface area contributed by atoms with Crippen LogP contribution in [0.5, 0.6) is 0 Å². The molecule has 0 radical (unpaired) electrons. The van der Waals surface area contributed by atoms with Crippen LogP contribution in [0.25, 0.3) is 0 Å². The molecule has 1 aliphatic rings. The number of carbonyl (C=O) groups is 1. The van der Waals surface area contributed by atoms with Crippen LogP contribution in [0.15, 0.2) is 24.3 Å². The summed E-state index contributed by atoms with van der Waals surface area (Å²) in [6.45, 7) is 6.09. The molecule has 0 aromatic heterocycles. The number of hydrogen-bond acceptors (Lipinski definition) is 4. The van der Waals surface area contributed by atoms with E-state index >= 15 is 0 Å². The number of nitrogens with one attached hydrogen (secondary N) is 1. The SMILES string of the molecule is CCOC(=O)CN(Cc1ccc(F)cc1)CC1CCNCC1.Cl. The predicted octanol–water partition coefficient (Wildman–Crippen LogP) is 2.61. The van der Waals surface area contributed by atoms with Crippen LogP contribution in [0.1, 0.15) is 25.3 Å². The van der Waals surface area contributed by atoms with Crippen LogP contribution < -0.4 is 5.32 Å². The van der Waals surface area contributed by atoms with E-state index in [9.17, 15) is 9.18 Å². The standard InChI is InChI=1S/C17H25FN2O2.ClH/c1-2-22-17(21)13-20(12-15-7-9-19-10-8-15)11-14-3-5-16(18)6-4-14;/h3-6,15,19H,2,7-13H2,1H3;1H. The van der Waals surface area contributed by atoms with Crippen molar-refractivity contribution >= 4 is 18.4 Å². The lowest BCUT2D eigenvalue weighted by molar-refractivity contribution is -0.144. The summed E-state index contributed by atoms with van der Waals surface area (Å²) in [6, 6.07) is 6.47. The molecule has 0 unspecified atom stereocenters. The zero-order valence-electron chi connectivity index (χ0n) is 13.6. The van der Waals surface area contributed by atoms with Crippen LogP contribution in [-0.4, -0.2) is 43.7 Å². The van der Waals surface area contributed by atoms with Gasteiger partial charge >= 0.3 is 5.97 Å². The van der Waals surface area contributed by atoms with Gasteiger partial charge in [-0.15, -0.1) is 12.4 Å². The molecule has 0 aliphatic carbocycles. The Morgan fingerprint density at radius 1 is 1.30 bits per heavy atom. The van der Waals surface area contributed by atoms with Crippen molar-refractivity contribution in [3.05, 3.63) is 35.6 Å². The number of carbonyl (C=O) groups excluding carboxylic acids is 1. The number of piperidine rings is 1. The molecule has 0 spiro atoms. The van der Waals surface area contributed by atoms with Gasteiger partial charge in [0.15, 0.2) is 0 Å². The fourth-order valence-corrected chi connectivity index (χ4v) is 2.85. The Labute approximate surface area is 143 Å². The number of halogens is 2. The van der Waals surface area contributed by atoms with Gasteiger partial charge in [-0.25, -0.2) is 4.39 Å². The summed E-state index contributed by atoms with van der Waals surface area (Å²) in [5.41, 5.74) is 1.01. The fraction of sp³-hybridized carbons (Fsp3) is 0.588. The Hall–Kier alpha value is -1.17. The maximum Gasteiger partial charge on any atom is 0.320 e. The summed E-state index contributed by atoms with van der Waals surface area (Å²) in [5, 5.41) is 3.35. The largest absolute Gasteiger partial charge is 0.465 e. The van der Waals surface area contributed by atoms with Gasteiger partial charge in [0, 0.05) is 13.1 Å². The normalized spacial score (nSPS) is 15.3. The first-order valence-corrected chi connectivity index (χ1v) is 8.00. The summed E-state index contributed by atoms with van der Waals surface area (Å²) in [4.78, 5) is 13.9. The van der Waals surface area contributed by atoms with Gasteiger partial charge < -0.3 is 10.1 Å². The number of hydrogen-bond donors (Lipinski definition) is 1. The predicted molar refractivity (Wildman–Crippen MR) is 91.2 cm³/mol. The highest BCUT2D eigenvalue weighted by Gasteiger charge is 2.19. The van der Waals surface area contributed by atoms with E-state index in [0.29, 0.717) is 19.1 Å². The molecule has 6 heteroatoms. The zero-order valence-corrected chi connectivity index (χ0v) is 14.4. The third kappa shape index (κ3) is 7.29. The van der Waals surface area contributed by atoms with E-state index in [4.69, 9.17) is 4.74 Å².